The van der Waals surface area contributed by atoms with Crippen LogP contribution in [0.2, 0.25) is 0 Å². The molecule has 0 atom stereocenters. The van der Waals surface area contributed by atoms with Crippen LogP contribution in [0.4, 0.5) is 0 Å². The van der Waals surface area contributed by atoms with Gasteiger partial charge in [0.25, 0.3) is 0 Å². The first-order valence-electron chi connectivity index (χ1n) is 15.0. The molecule has 0 aromatic rings. The molecule has 0 fully saturated rings. The summed E-state index contributed by atoms with van der Waals surface area (Å²) in [5.41, 5.74) is 0. The quantitative estimate of drug-likeness (QED) is 0.107. The third-order valence-corrected chi connectivity index (χ3v) is 6.11. The van der Waals surface area contributed by atoms with Crippen molar-refractivity contribution in [3.63, 3.8) is 0 Å². The molecule has 0 radical (unpaired) electrons. The van der Waals surface area contributed by atoms with E-state index in [4.69, 9.17) is 24.1 Å². The second-order valence-corrected chi connectivity index (χ2v) is 9.64. The number of carbonyl (C=O) groups excluding carboxylic acids is 1. The van der Waals surface area contributed by atoms with E-state index in [9.17, 15) is 9.59 Å². The number of hydrogen-bond donors (Lipinski definition) is 2. The Balaban J connectivity index is 3.07. The second kappa shape index (κ2) is 31.0. The van der Waals surface area contributed by atoms with E-state index >= 15 is 0 Å². The average molecular weight is 532 g/mol. The van der Waals surface area contributed by atoms with Crippen LogP contribution in [0.3, 0.4) is 0 Å². The molecule has 220 valence electrons. The Labute approximate surface area is 226 Å². The lowest BCUT2D eigenvalue weighted by Gasteiger charge is -2.08. The van der Waals surface area contributed by atoms with E-state index < -0.39 is 5.97 Å². The Kier molecular flexibility index (Phi) is 30.0. The number of aliphatic carboxylic acids is 1. The summed E-state index contributed by atoms with van der Waals surface area (Å²) in [5, 5.41) is 11.2. The Morgan fingerprint density at radius 1 is 0.514 bits per heavy atom. The van der Waals surface area contributed by atoms with Crippen LogP contribution in [-0.2, 0) is 28.5 Å². The fourth-order valence-corrected chi connectivity index (χ4v) is 3.87. The van der Waals surface area contributed by atoms with Crippen molar-refractivity contribution < 1.29 is 33.6 Å². The molecule has 37 heavy (non-hydrogen) atoms. The summed E-state index contributed by atoms with van der Waals surface area (Å²) in [5.74, 6) is -1.21. The molecule has 8 nitrogen and oxygen atoms in total. The minimum absolute atomic E-state index is 0.0116. The number of carboxylic acid groups (broad SMARTS) is 1. The van der Waals surface area contributed by atoms with Gasteiger partial charge < -0.3 is 29.4 Å². The van der Waals surface area contributed by atoms with Crippen molar-refractivity contribution in [3.05, 3.63) is 0 Å². The molecule has 0 aliphatic rings. The van der Waals surface area contributed by atoms with Crippen molar-refractivity contribution in [1.29, 1.82) is 0 Å². The fraction of sp³-hybridized carbons (Fsp3) is 0.931. The zero-order chi connectivity index (χ0) is 27.1. The van der Waals surface area contributed by atoms with E-state index in [1.807, 2.05) is 0 Å². The van der Waals surface area contributed by atoms with Crippen LogP contribution in [-0.4, -0.2) is 76.4 Å². The first kappa shape index (κ1) is 35.8. The average Bonchev–Trinajstić information content (AvgIpc) is 2.89. The van der Waals surface area contributed by atoms with Gasteiger partial charge >= 0.3 is 5.97 Å². The summed E-state index contributed by atoms with van der Waals surface area (Å²) < 4.78 is 22.0. The highest BCUT2D eigenvalue weighted by Crippen LogP contribution is 2.12. The maximum Gasteiger partial charge on any atom is 0.303 e. The highest BCUT2D eigenvalue weighted by molar-refractivity contribution is 5.80. The molecule has 0 unspecified atom stereocenters. The van der Waals surface area contributed by atoms with Gasteiger partial charge in [-0.15, -0.1) is 0 Å². The van der Waals surface area contributed by atoms with Crippen molar-refractivity contribution in [1.82, 2.24) is 5.32 Å². The number of nitrogens with one attached hydrogen (secondary N) is 1. The molecule has 0 heterocycles. The van der Waals surface area contributed by atoms with Gasteiger partial charge in [0.2, 0.25) is 5.91 Å². The topological polar surface area (TPSA) is 103 Å². The number of carboxylic acids is 1. The first-order valence-corrected chi connectivity index (χ1v) is 15.0. The zero-order valence-corrected chi connectivity index (χ0v) is 23.8. The predicted molar refractivity (Wildman–Crippen MR) is 148 cm³/mol. The molecule has 0 spiro atoms. The Morgan fingerprint density at radius 3 is 1.32 bits per heavy atom. The highest BCUT2D eigenvalue weighted by atomic mass is 16.6. The lowest BCUT2D eigenvalue weighted by Crippen LogP contribution is -2.25. The SMILES string of the molecule is CCCCCCCCCCCCCCCCOCCOCCOCCOCCCNC(=O)CCC(=O)O. The lowest BCUT2D eigenvalue weighted by molar-refractivity contribution is -0.138. The van der Waals surface area contributed by atoms with E-state index in [1.54, 1.807) is 0 Å². The molecule has 0 aromatic heterocycles. The van der Waals surface area contributed by atoms with Gasteiger partial charge in [-0.2, -0.15) is 0 Å². The van der Waals surface area contributed by atoms with E-state index in [2.05, 4.69) is 12.2 Å². The second-order valence-electron chi connectivity index (χ2n) is 9.64. The lowest BCUT2D eigenvalue weighted by atomic mass is 10.0. The minimum atomic E-state index is -0.965. The van der Waals surface area contributed by atoms with Crippen molar-refractivity contribution in [3.8, 4) is 0 Å². The van der Waals surface area contributed by atoms with Crippen molar-refractivity contribution in [2.75, 3.05) is 59.4 Å². The summed E-state index contributed by atoms with van der Waals surface area (Å²) in [6.45, 7) is 7.40. The number of amides is 1. The van der Waals surface area contributed by atoms with Crippen LogP contribution in [0.25, 0.3) is 0 Å². The molecule has 2 N–H and O–H groups in total. The Hall–Kier alpha value is -1.22. The van der Waals surface area contributed by atoms with Crippen LogP contribution in [0.1, 0.15) is 116 Å². The van der Waals surface area contributed by atoms with E-state index in [1.165, 1.54) is 83.5 Å². The standard InChI is InChI=1S/C29H57NO7/c1-2-3-4-5-6-7-8-9-10-11-12-13-14-15-20-34-22-24-36-26-27-37-25-23-35-21-16-19-30-28(31)17-18-29(32)33/h2-27H2,1H3,(H,30,31)(H,32,33). The number of rotatable bonds is 31. The fourth-order valence-electron chi connectivity index (χ4n) is 3.87. The van der Waals surface area contributed by atoms with Crippen LogP contribution in [0.15, 0.2) is 0 Å². The Morgan fingerprint density at radius 2 is 0.892 bits per heavy atom. The van der Waals surface area contributed by atoms with Crippen LogP contribution in [0.5, 0.6) is 0 Å². The molecule has 0 aliphatic heterocycles. The smallest absolute Gasteiger partial charge is 0.303 e. The van der Waals surface area contributed by atoms with Gasteiger partial charge in [0.05, 0.1) is 46.1 Å². The van der Waals surface area contributed by atoms with Gasteiger partial charge in [-0.3, -0.25) is 9.59 Å². The van der Waals surface area contributed by atoms with Crippen LogP contribution >= 0.6 is 0 Å². The maximum atomic E-state index is 11.3. The molecule has 8 heteroatoms. The van der Waals surface area contributed by atoms with Gasteiger partial charge in [0, 0.05) is 26.2 Å². The van der Waals surface area contributed by atoms with Crippen molar-refractivity contribution >= 4 is 11.9 Å². The van der Waals surface area contributed by atoms with Gasteiger partial charge in [-0.1, -0.05) is 90.4 Å². The molecule has 0 aliphatic carbocycles. The molecule has 1 amide bonds. The zero-order valence-electron chi connectivity index (χ0n) is 23.8. The molecule has 0 aromatic carbocycles. The largest absolute Gasteiger partial charge is 0.481 e. The van der Waals surface area contributed by atoms with Gasteiger partial charge in [-0.05, 0) is 12.8 Å². The van der Waals surface area contributed by atoms with Crippen LogP contribution in [0, 0.1) is 0 Å². The normalized spacial score (nSPS) is 11.2. The number of ether oxygens (including phenoxy) is 4. The molecule has 0 saturated carbocycles. The predicted octanol–water partition coefficient (Wildman–Crippen LogP) is 5.91. The number of carbonyl (C=O) groups is 2. The van der Waals surface area contributed by atoms with Crippen molar-refractivity contribution in [2.24, 2.45) is 0 Å². The molecule has 0 rings (SSSR count). The molecule has 0 saturated heterocycles. The van der Waals surface area contributed by atoms with E-state index in [0.717, 1.165) is 13.0 Å². The maximum absolute atomic E-state index is 11.3. The third-order valence-electron chi connectivity index (χ3n) is 6.11. The number of hydrogen-bond acceptors (Lipinski definition) is 6. The van der Waals surface area contributed by atoms with E-state index in [0.29, 0.717) is 59.2 Å². The molecular weight excluding hydrogens is 474 g/mol. The summed E-state index contributed by atoms with van der Waals surface area (Å²) in [6.07, 6.45) is 19.7. The summed E-state index contributed by atoms with van der Waals surface area (Å²) in [6, 6.07) is 0. The third kappa shape index (κ3) is 32.8. The van der Waals surface area contributed by atoms with Crippen molar-refractivity contribution in [2.45, 2.75) is 116 Å². The summed E-state index contributed by atoms with van der Waals surface area (Å²) in [7, 11) is 0. The monoisotopic (exact) mass is 531 g/mol. The van der Waals surface area contributed by atoms with Gasteiger partial charge in [0.15, 0.2) is 0 Å². The molecule has 0 bridgehead atoms. The molecular formula is C29H57NO7. The first-order chi connectivity index (χ1) is 18.2. The van der Waals surface area contributed by atoms with Gasteiger partial charge in [-0.25, -0.2) is 0 Å². The highest BCUT2D eigenvalue weighted by Gasteiger charge is 2.04. The number of unbranched alkanes of at least 4 members (excludes halogenated alkanes) is 13. The van der Waals surface area contributed by atoms with Crippen LogP contribution < -0.4 is 5.32 Å². The summed E-state index contributed by atoms with van der Waals surface area (Å²) >= 11 is 0. The Bertz CT molecular complexity index is 491. The van der Waals surface area contributed by atoms with Gasteiger partial charge in [0.1, 0.15) is 0 Å². The van der Waals surface area contributed by atoms with E-state index in [-0.39, 0.29) is 18.7 Å². The summed E-state index contributed by atoms with van der Waals surface area (Å²) in [4.78, 5) is 21.7. The minimum Gasteiger partial charge on any atom is -0.481 e.